The molecule has 27 heavy (non-hydrogen) atoms. The fourth-order valence-corrected chi connectivity index (χ4v) is 2.26. The van der Waals surface area contributed by atoms with E-state index in [0.29, 0.717) is 5.69 Å². The van der Waals surface area contributed by atoms with Crippen LogP contribution in [0.5, 0.6) is 0 Å². The molecule has 1 amide bonds. The number of rotatable bonds is 7. The lowest BCUT2D eigenvalue weighted by atomic mass is 10.1. The molecule has 0 saturated carbocycles. The zero-order valence-corrected chi connectivity index (χ0v) is 14.0. The number of hydrogen-bond acceptors (Lipinski definition) is 8. The van der Waals surface area contributed by atoms with E-state index < -0.39 is 10.6 Å². The number of benzene rings is 1. The number of pyridine rings is 1. The molecule has 0 aliphatic rings. The van der Waals surface area contributed by atoms with Crippen LogP contribution in [-0.2, 0) is 11.2 Å². The standard InChI is InChI=1S/C17H15N7O3/c25-14(10-12-4-2-1-3-5-12)22-23-17-15(24(26)27)16(19-11-20-17)21-13-6-8-18-9-7-13/h1-9,11H,10H2,(H,22,25)(H2,18,19,20,21,23). The molecule has 2 heterocycles. The summed E-state index contributed by atoms with van der Waals surface area (Å²) in [4.78, 5) is 34.5. The summed E-state index contributed by atoms with van der Waals surface area (Å²) in [6.45, 7) is 0. The van der Waals surface area contributed by atoms with Gasteiger partial charge in [0.25, 0.3) is 0 Å². The van der Waals surface area contributed by atoms with E-state index in [1.807, 2.05) is 30.3 Å². The molecule has 3 rings (SSSR count). The first kappa shape index (κ1) is 17.7. The van der Waals surface area contributed by atoms with E-state index in [9.17, 15) is 14.9 Å². The number of nitrogens with one attached hydrogen (secondary N) is 3. The van der Waals surface area contributed by atoms with E-state index in [-0.39, 0.29) is 24.0 Å². The Morgan fingerprint density at radius 1 is 1.04 bits per heavy atom. The highest BCUT2D eigenvalue weighted by Crippen LogP contribution is 2.30. The molecule has 0 aliphatic carbocycles. The van der Waals surface area contributed by atoms with Gasteiger partial charge in [-0.25, -0.2) is 9.97 Å². The predicted molar refractivity (Wildman–Crippen MR) is 98.1 cm³/mol. The summed E-state index contributed by atoms with van der Waals surface area (Å²) in [6.07, 6.45) is 4.35. The average Bonchev–Trinajstić information content (AvgIpc) is 2.68. The smallest absolute Gasteiger partial charge is 0.334 e. The molecule has 3 N–H and O–H groups in total. The quantitative estimate of drug-likeness (QED) is 0.428. The molecule has 0 atom stereocenters. The number of aromatic nitrogens is 3. The van der Waals surface area contributed by atoms with Gasteiger partial charge in [-0.15, -0.1) is 0 Å². The molecule has 0 bridgehead atoms. The van der Waals surface area contributed by atoms with Gasteiger partial charge in [0.15, 0.2) is 0 Å². The summed E-state index contributed by atoms with van der Waals surface area (Å²) < 4.78 is 0. The molecule has 0 aliphatic heterocycles. The Hall–Kier alpha value is -4.08. The molecule has 0 spiro atoms. The van der Waals surface area contributed by atoms with Crippen LogP contribution in [0.1, 0.15) is 5.56 Å². The number of anilines is 3. The van der Waals surface area contributed by atoms with Gasteiger partial charge in [0.05, 0.1) is 11.3 Å². The molecular formula is C17H15N7O3. The van der Waals surface area contributed by atoms with Crippen LogP contribution in [0.25, 0.3) is 0 Å². The van der Waals surface area contributed by atoms with Gasteiger partial charge in [0, 0.05) is 18.1 Å². The number of hydrogen-bond donors (Lipinski definition) is 3. The second kappa shape index (κ2) is 8.34. The Labute approximate surface area is 153 Å². The fraction of sp³-hybridized carbons (Fsp3) is 0.0588. The Morgan fingerprint density at radius 2 is 1.74 bits per heavy atom. The summed E-state index contributed by atoms with van der Waals surface area (Å²) in [5, 5.41) is 14.3. The fourth-order valence-electron chi connectivity index (χ4n) is 2.26. The second-order valence-electron chi connectivity index (χ2n) is 5.37. The minimum atomic E-state index is -0.630. The van der Waals surface area contributed by atoms with Gasteiger partial charge in [-0.05, 0) is 17.7 Å². The van der Waals surface area contributed by atoms with Gasteiger partial charge in [-0.1, -0.05) is 30.3 Å². The molecule has 136 valence electrons. The molecule has 1 aromatic carbocycles. The number of carbonyl (C=O) groups excluding carboxylic acids is 1. The molecule has 10 heteroatoms. The maximum absolute atomic E-state index is 12.0. The van der Waals surface area contributed by atoms with Crippen LogP contribution in [0.4, 0.5) is 23.0 Å². The van der Waals surface area contributed by atoms with E-state index in [1.54, 1.807) is 24.5 Å². The Balaban J connectivity index is 1.74. The highest BCUT2D eigenvalue weighted by molar-refractivity contribution is 5.81. The third-order valence-corrected chi connectivity index (χ3v) is 3.48. The minimum Gasteiger partial charge on any atom is -0.334 e. The largest absolute Gasteiger partial charge is 0.355 e. The second-order valence-corrected chi connectivity index (χ2v) is 5.37. The molecule has 0 saturated heterocycles. The number of carbonyl (C=O) groups is 1. The van der Waals surface area contributed by atoms with Gasteiger partial charge in [-0.3, -0.25) is 30.7 Å². The third-order valence-electron chi connectivity index (χ3n) is 3.48. The maximum atomic E-state index is 12.0. The van der Waals surface area contributed by atoms with E-state index in [1.165, 1.54) is 0 Å². The zero-order chi connectivity index (χ0) is 19.1. The van der Waals surface area contributed by atoms with Crippen molar-refractivity contribution in [3.05, 3.63) is 76.9 Å². The Kier molecular flexibility index (Phi) is 5.48. The first-order chi connectivity index (χ1) is 13.1. The van der Waals surface area contributed by atoms with Crippen LogP contribution in [0.3, 0.4) is 0 Å². The van der Waals surface area contributed by atoms with Crippen molar-refractivity contribution in [3.63, 3.8) is 0 Å². The van der Waals surface area contributed by atoms with Crippen molar-refractivity contribution in [2.24, 2.45) is 0 Å². The lowest BCUT2D eigenvalue weighted by molar-refractivity contribution is -0.383. The normalized spacial score (nSPS) is 10.1. The van der Waals surface area contributed by atoms with Crippen LogP contribution in [0, 0.1) is 10.1 Å². The average molecular weight is 365 g/mol. The molecule has 10 nitrogen and oxygen atoms in total. The van der Waals surface area contributed by atoms with E-state index in [4.69, 9.17) is 0 Å². The number of nitrogens with zero attached hydrogens (tertiary/aromatic N) is 4. The molecule has 0 unspecified atom stereocenters. The highest BCUT2D eigenvalue weighted by Gasteiger charge is 2.23. The molecule has 2 aromatic heterocycles. The first-order valence-corrected chi connectivity index (χ1v) is 7.88. The molecule has 0 fully saturated rings. The number of nitro groups is 1. The predicted octanol–water partition coefficient (Wildman–Crippen LogP) is 2.21. The van der Waals surface area contributed by atoms with E-state index >= 15 is 0 Å². The van der Waals surface area contributed by atoms with Crippen LogP contribution >= 0.6 is 0 Å². The van der Waals surface area contributed by atoms with Gasteiger partial charge in [0.2, 0.25) is 17.5 Å². The van der Waals surface area contributed by atoms with E-state index in [2.05, 4.69) is 31.1 Å². The van der Waals surface area contributed by atoms with Gasteiger partial charge < -0.3 is 5.32 Å². The Bertz CT molecular complexity index is 936. The first-order valence-electron chi connectivity index (χ1n) is 7.88. The monoisotopic (exact) mass is 365 g/mol. The summed E-state index contributed by atoms with van der Waals surface area (Å²) in [7, 11) is 0. The van der Waals surface area contributed by atoms with Crippen molar-refractivity contribution in [2.45, 2.75) is 6.42 Å². The van der Waals surface area contributed by atoms with E-state index in [0.717, 1.165) is 11.9 Å². The third kappa shape index (κ3) is 4.72. The van der Waals surface area contributed by atoms with Crippen LogP contribution in [0.2, 0.25) is 0 Å². The van der Waals surface area contributed by atoms with Crippen LogP contribution in [0.15, 0.2) is 61.2 Å². The summed E-state index contributed by atoms with van der Waals surface area (Å²) in [6, 6.07) is 12.4. The summed E-state index contributed by atoms with van der Waals surface area (Å²) >= 11 is 0. The molecule has 3 aromatic rings. The van der Waals surface area contributed by atoms with Crippen molar-refractivity contribution in [1.29, 1.82) is 0 Å². The SMILES string of the molecule is O=C(Cc1ccccc1)NNc1ncnc(Nc2ccncc2)c1[N+](=O)[O-]. The molecular weight excluding hydrogens is 350 g/mol. The maximum Gasteiger partial charge on any atom is 0.355 e. The number of amides is 1. The van der Waals surface area contributed by atoms with Gasteiger partial charge in [-0.2, -0.15) is 0 Å². The van der Waals surface area contributed by atoms with Crippen molar-refractivity contribution in [2.75, 3.05) is 10.7 Å². The van der Waals surface area contributed by atoms with Gasteiger partial charge in [0.1, 0.15) is 6.33 Å². The summed E-state index contributed by atoms with van der Waals surface area (Å²) in [5.41, 5.74) is 5.90. The van der Waals surface area contributed by atoms with Crippen LogP contribution in [-0.4, -0.2) is 25.8 Å². The summed E-state index contributed by atoms with van der Waals surface area (Å²) in [5.74, 6) is -0.508. The minimum absolute atomic E-state index is 0.0130. The lowest BCUT2D eigenvalue weighted by Crippen LogP contribution is -2.31. The molecule has 0 radical (unpaired) electrons. The van der Waals surface area contributed by atoms with Crippen molar-refractivity contribution < 1.29 is 9.72 Å². The van der Waals surface area contributed by atoms with Crippen molar-refractivity contribution in [3.8, 4) is 0 Å². The van der Waals surface area contributed by atoms with Crippen LogP contribution < -0.4 is 16.2 Å². The lowest BCUT2D eigenvalue weighted by Gasteiger charge is -2.11. The number of hydrazine groups is 1. The highest BCUT2D eigenvalue weighted by atomic mass is 16.6. The van der Waals surface area contributed by atoms with Crippen molar-refractivity contribution >= 4 is 28.9 Å². The van der Waals surface area contributed by atoms with Crippen molar-refractivity contribution in [1.82, 2.24) is 20.4 Å². The topological polar surface area (TPSA) is 135 Å². The Morgan fingerprint density at radius 3 is 2.44 bits per heavy atom. The zero-order valence-electron chi connectivity index (χ0n) is 14.0. The van der Waals surface area contributed by atoms with Gasteiger partial charge >= 0.3 is 5.69 Å².